The second-order valence-electron chi connectivity index (χ2n) is 10.9. The molecule has 6 rings (SSSR count). The molecule has 0 fully saturated rings. The molecule has 6 aromatic rings. The van der Waals surface area contributed by atoms with Crippen LogP contribution in [0.2, 0.25) is 0 Å². The van der Waals surface area contributed by atoms with E-state index in [2.05, 4.69) is 97.9 Å². The molecule has 0 aliphatic heterocycles. The lowest BCUT2D eigenvalue weighted by Crippen LogP contribution is -2.08. The highest BCUT2D eigenvalue weighted by Gasteiger charge is 2.24. The fraction of sp³-hybridized carbons (Fsp3) is 0.167. The maximum Gasteiger partial charge on any atom is 0.149 e. The van der Waals surface area contributed by atoms with E-state index in [-0.39, 0.29) is 5.75 Å². The van der Waals surface area contributed by atoms with E-state index in [1.807, 2.05) is 42.6 Å². The maximum atomic E-state index is 11.0. The van der Waals surface area contributed by atoms with Gasteiger partial charge in [-0.1, -0.05) is 94.4 Å². The van der Waals surface area contributed by atoms with Crippen molar-refractivity contribution in [3.8, 4) is 45.2 Å². The number of hydrogen-bond acceptors (Lipinski definition) is 3. The van der Waals surface area contributed by atoms with E-state index in [1.165, 1.54) is 11.1 Å². The number of para-hydroxylation sites is 3. The van der Waals surface area contributed by atoms with E-state index in [1.54, 1.807) is 6.07 Å². The number of rotatable bonds is 6. The van der Waals surface area contributed by atoms with Crippen LogP contribution in [0.3, 0.4) is 0 Å². The number of hydrogen-bond donors (Lipinski definition) is 1. The molecule has 0 unspecified atom stereocenters. The summed E-state index contributed by atoms with van der Waals surface area (Å²) in [6.07, 6.45) is 1.82. The Balaban J connectivity index is 1.69. The first-order valence-corrected chi connectivity index (χ1v) is 13.9. The van der Waals surface area contributed by atoms with Crippen molar-refractivity contribution in [3.05, 3.63) is 120 Å². The predicted octanol–water partition coefficient (Wildman–Crippen LogP) is 9.37. The van der Waals surface area contributed by atoms with E-state index in [0.29, 0.717) is 17.4 Å². The van der Waals surface area contributed by atoms with Gasteiger partial charge in [0, 0.05) is 17.3 Å². The average Bonchev–Trinajstić information content (AvgIpc) is 3.36. The molecule has 0 saturated heterocycles. The van der Waals surface area contributed by atoms with Gasteiger partial charge in [-0.2, -0.15) is 0 Å². The van der Waals surface area contributed by atoms with Gasteiger partial charge in [0.1, 0.15) is 11.6 Å². The zero-order valence-electron chi connectivity index (χ0n) is 23.3. The second kappa shape index (κ2) is 10.5. The van der Waals surface area contributed by atoms with Crippen LogP contribution in [0.5, 0.6) is 5.75 Å². The monoisotopic (exact) mass is 523 g/mol. The van der Waals surface area contributed by atoms with Crippen LogP contribution in [-0.4, -0.2) is 19.6 Å². The fourth-order valence-corrected chi connectivity index (χ4v) is 5.55. The molecule has 4 heteroatoms. The van der Waals surface area contributed by atoms with Crippen LogP contribution >= 0.6 is 0 Å². The highest BCUT2D eigenvalue weighted by Crippen LogP contribution is 2.41. The molecule has 40 heavy (non-hydrogen) atoms. The van der Waals surface area contributed by atoms with Crippen molar-refractivity contribution in [3.63, 3.8) is 0 Å². The Bertz CT molecular complexity index is 1790. The Morgan fingerprint density at radius 3 is 2.00 bits per heavy atom. The molecule has 4 nitrogen and oxygen atoms in total. The van der Waals surface area contributed by atoms with Crippen molar-refractivity contribution in [2.45, 2.75) is 39.5 Å². The smallest absolute Gasteiger partial charge is 0.149 e. The molecule has 198 valence electrons. The number of aromatic hydroxyl groups is 1. The van der Waals surface area contributed by atoms with Crippen molar-refractivity contribution in [2.75, 3.05) is 0 Å². The number of fused-ring (bicyclic) bond motifs is 1. The molecule has 0 atom stereocenters. The number of aromatic nitrogens is 3. The van der Waals surface area contributed by atoms with Gasteiger partial charge in [0.25, 0.3) is 0 Å². The lowest BCUT2D eigenvalue weighted by Gasteiger charge is -2.22. The van der Waals surface area contributed by atoms with Crippen LogP contribution in [0.25, 0.3) is 50.5 Å². The molecule has 2 heterocycles. The lowest BCUT2D eigenvalue weighted by molar-refractivity contribution is 0.477. The maximum absolute atomic E-state index is 11.0. The normalized spacial score (nSPS) is 11.6. The highest BCUT2D eigenvalue weighted by atomic mass is 16.3. The van der Waals surface area contributed by atoms with E-state index >= 15 is 0 Å². The second-order valence-corrected chi connectivity index (χ2v) is 10.9. The summed E-state index contributed by atoms with van der Waals surface area (Å²) in [4.78, 5) is 9.85. The Morgan fingerprint density at radius 2 is 1.30 bits per heavy atom. The minimum Gasteiger partial charge on any atom is -0.507 e. The highest BCUT2D eigenvalue weighted by molar-refractivity contribution is 5.96. The number of phenolic OH excluding ortho intramolecular Hbond substituents is 1. The van der Waals surface area contributed by atoms with Crippen molar-refractivity contribution in [1.82, 2.24) is 14.5 Å². The summed E-state index contributed by atoms with van der Waals surface area (Å²) in [5.74, 6) is 1.56. The molecular formula is C36H33N3O. The average molecular weight is 524 g/mol. The first kappa shape index (κ1) is 25.6. The topological polar surface area (TPSA) is 50.9 Å². The van der Waals surface area contributed by atoms with Gasteiger partial charge in [-0.25, -0.2) is 4.98 Å². The molecule has 4 aromatic carbocycles. The SMILES string of the molecule is CC(C)c1cccc(C(C)C)c1-n1c(-c2ccccc2O)nc2c(-c3cccc(-c4ccccn4)c3)cccc21. The van der Waals surface area contributed by atoms with Gasteiger partial charge in [0.2, 0.25) is 0 Å². The summed E-state index contributed by atoms with van der Waals surface area (Å²) in [6.45, 7) is 8.93. The summed E-state index contributed by atoms with van der Waals surface area (Å²) in [7, 11) is 0. The summed E-state index contributed by atoms with van der Waals surface area (Å²) in [5, 5.41) is 11.0. The molecule has 0 aliphatic carbocycles. The molecule has 1 N–H and O–H groups in total. The largest absolute Gasteiger partial charge is 0.507 e. The summed E-state index contributed by atoms with van der Waals surface area (Å²) < 4.78 is 2.27. The first-order chi connectivity index (χ1) is 19.4. The molecule has 0 saturated carbocycles. The van der Waals surface area contributed by atoms with Crippen LogP contribution in [0.4, 0.5) is 0 Å². The molecule has 0 bridgehead atoms. The quantitative estimate of drug-likeness (QED) is 0.237. The third-order valence-electron chi connectivity index (χ3n) is 7.53. The number of nitrogens with zero attached hydrogens (tertiary/aromatic N) is 3. The van der Waals surface area contributed by atoms with Crippen molar-refractivity contribution in [1.29, 1.82) is 0 Å². The van der Waals surface area contributed by atoms with Crippen LogP contribution in [0, 0.1) is 0 Å². The van der Waals surface area contributed by atoms with E-state index in [9.17, 15) is 5.11 Å². The summed E-state index contributed by atoms with van der Waals surface area (Å²) >= 11 is 0. The fourth-order valence-electron chi connectivity index (χ4n) is 5.55. The Hall–Kier alpha value is -4.70. The van der Waals surface area contributed by atoms with Crippen molar-refractivity contribution in [2.24, 2.45) is 0 Å². The van der Waals surface area contributed by atoms with Gasteiger partial charge in [0.15, 0.2) is 0 Å². The zero-order valence-corrected chi connectivity index (χ0v) is 23.3. The number of imidazole rings is 1. The Morgan fingerprint density at radius 1 is 0.650 bits per heavy atom. The van der Waals surface area contributed by atoms with E-state index < -0.39 is 0 Å². The molecule has 2 aromatic heterocycles. The first-order valence-electron chi connectivity index (χ1n) is 13.9. The minimum atomic E-state index is 0.214. The molecule has 0 spiro atoms. The lowest BCUT2D eigenvalue weighted by atomic mass is 9.92. The van der Waals surface area contributed by atoms with Crippen molar-refractivity contribution >= 4 is 11.0 Å². The molecule has 0 radical (unpaired) electrons. The third kappa shape index (κ3) is 4.46. The molecule has 0 aliphatic rings. The number of pyridine rings is 1. The number of benzene rings is 4. The van der Waals surface area contributed by atoms with Crippen molar-refractivity contribution < 1.29 is 5.11 Å². The zero-order chi connectivity index (χ0) is 27.8. The van der Waals surface area contributed by atoms with Gasteiger partial charge < -0.3 is 5.11 Å². The van der Waals surface area contributed by atoms with Crippen LogP contribution in [0.1, 0.15) is 50.7 Å². The third-order valence-corrected chi connectivity index (χ3v) is 7.53. The Kier molecular flexibility index (Phi) is 6.69. The molecule has 0 amide bonds. The summed E-state index contributed by atoms with van der Waals surface area (Å²) in [6, 6.07) is 34.9. The molecular weight excluding hydrogens is 490 g/mol. The Labute approximate surface area is 235 Å². The van der Waals surface area contributed by atoms with Crippen LogP contribution in [-0.2, 0) is 0 Å². The summed E-state index contributed by atoms with van der Waals surface area (Å²) in [5.41, 5.74) is 10.4. The van der Waals surface area contributed by atoms with E-state index in [0.717, 1.165) is 44.9 Å². The predicted molar refractivity (Wildman–Crippen MR) is 165 cm³/mol. The minimum absolute atomic E-state index is 0.214. The van der Waals surface area contributed by atoms with E-state index in [4.69, 9.17) is 4.98 Å². The van der Waals surface area contributed by atoms with Gasteiger partial charge in [0.05, 0.1) is 28.0 Å². The van der Waals surface area contributed by atoms with Gasteiger partial charge in [-0.05, 0) is 64.9 Å². The number of phenols is 1. The standard InChI is InChI=1S/C36H33N3O/c1-23(2)27-15-10-16-28(24(3)4)35(27)39-32-19-11-17-29(34(32)38-36(39)30-14-5-6-20-33(30)40)25-12-9-13-26(22-25)31-18-7-8-21-37-31/h5-24,40H,1-4H3. The van der Waals surface area contributed by atoms with Crippen LogP contribution < -0.4 is 0 Å². The van der Waals surface area contributed by atoms with Crippen LogP contribution in [0.15, 0.2) is 109 Å². The van der Waals surface area contributed by atoms with Gasteiger partial charge in [-0.3, -0.25) is 9.55 Å². The van der Waals surface area contributed by atoms with Gasteiger partial charge in [-0.15, -0.1) is 0 Å². The van der Waals surface area contributed by atoms with Gasteiger partial charge >= 0.3 is 0 Å².